The second-order valence-corrected chi connectivity index (χ2v) is 4.21. The third kappa shape index (κ3) is 3.60. The predicted molar refractivity (Wildman–Crippen MR) is 59.6 cm³/mol. The fourth-order valence-corrected chi connectivity index (χ4v) is 1.23. The number of ether oxygens (including phenoxy) is 1. The van der Waals surface area contributed by atoms with Crippen molar-refractivity contribution >= 4 is 21.7 Å². The zero-order chi connectivity index (χ0) is 10.6. The van der Waals surface area contributed by atoms with E-state index in [2.05, 4.69) is 15.9 Å². The molecule has 0 fully saturated rings. The smallest absolute Gasteiger partial charge is 0.188 e. The molecule has 0 aliphatic rings. The number of carbonyl (C=O) groups is 1. The van der Waals surface area contributed by atoms with Gasteiger partial charge in [-0.2, -0.15) is 0 Å². The average molecular weight is 257 g/mol. The minimum Gasteiger partial charge on any atom is -0.371 e. The van der Waals surface area contributed by atoms with E-state index in [-0.39, 0.29) is 18.5 Å². The Hall–Kier alpha value is -0.670. The molecule has 0 atom stereocenters. The van der Waals surface area contributed by atoms with E-state index < -0.39 is 0 Å². The zero-order valence-corrected chi connectivity index (χ0v) is 9.87. The van der Waals surface area contributed by atoms with Crippen LogP contribution in [-0.4, -0.2) is 18.5 Å². The van der Waals surface area contributed by atoms with Crippen LogP contribution in [0.15, 0.2) is 28.7 Å². The van der Waals surface area contributed by atoms with Gasteiger partial charge in [0, 0.05) is 10.0 Å². The molecule has 0 spiro atoms. The Morgan fingerprint density at radius 1 is 1.36 bits per heavy atom. The summed E-state index contributed by atoms with van der Waals surface area (Å²) < 4.78 is 6.20. The van der Waals surface area contributed by atoms with Crippen molar-refractivity contribution in [1.82, 2.24) is 0 Å². The van der Waals surface area contributed by atoms with Gasteiger partial charge in [-0.05, 0) is 26.0 Å². The molecule has 2 nitrogen and oxygen atoms in total. The zero-order valence-electron chi connectivity index (χ0n) is 8.29. The van der Waals surface area contributed by atoms with Crippen molar-refractivity contribution in [2.24, 2.45) is 0 Å². The summed E-state index contributed by atoms with van der Waals surface area (Å²) in [5, 5.41) is 0. The topological polar surface area (TPSA) is 26.3 Å². The van der Waals surface area contributed by atoms with E-state index >= 15 is 0 Å². The summed E-state index contributed by atoms with van der Waals surface area (Å²) in [7, 11) is 0. The van der Waals surface area contributed by atoms with Crippen LogP contribution in [0.25, 0.3) is 0 Å². The number of ketones is 1. The second kappa shape index (κ2) is 5.27. The number of hydrogen-bond donors (Lipinski definition) is 0. The van der Waals surface area contributed by atoms with Crippen molar-refractivity contribution in [1.29, 1.82) is 0 Å². The van der Waals surface area contributed by atoms with Gasteiger partial charge in [-0.25, -0.2) is 0 Å². The summed E-state index contributed by atoms with van der Waals surface area (Å²) in [6.45, 7) is 3.98. The summed E-state index contributed by atoms with van der Waals surface area (Å²) in [6.07, 6.45) is 0.0920. The minimum absolute atomic E-state index is 0.0196. The highest BCUT2D eigenvalue weighted by molar-refractivity contribution is 9.10. The van der Waals surface area contributed by atoms with E-state index in [0.29, 0.717) is 5.56 Å². The largest absolute Gasteiger partial charge is 0.371 e. The Bertz CT molecular complexity index is 304. The van der Waals surface area contributed by atoms with E-state index in [0.717, 1.165) is 4.47 Å². The monoisotopic (exact) mass is 256 g/mol. The molecule has 0 saturated carbocycles. The quantitative estimate of drug-likeness (QED) is 0.775. The van der Waals surface area contributed by atoms with Gasteiger partial charge in [0.25, 0.3) is 0 Å². The average Bonchev–Trinajstić information content (AvgIpc) is 2.15. The molecular formula is C11H13BrO2. The van der Waals surface area contributed by atoms with Crippen LogP contribution in [0, 0.1) is 0 Å². The Kier molecular flexibility index (Phi) is 4.29. The van der Waals surface area contributed by atoms with Crippen molar-refractivity contribution in [2.75, 3.05) is 6.61 Å². The van der Waals surface area contributed by atoms with Gasteiger partial charge in [-0.1, -0.05) is 28.1 Å². The van der Waals surface area contributed by atoms with Gasteiger partial charge in [-0.15, -0.1) is 0 Å². The molecule has 0 aliphatic heterocycles. The Labute approximate surface area is 92.4 Å². The standard InChI is InChI=1S/C11H13BrO2/c1-8(2)14-7-11(13)9-3-5-10(12)6-4-9/h3-6,8H,7H2,1-2H3. The van der Waals surface area contributed by atoms with Crippen molar-refractivity contribution in [3.8, 4) is 0 Å². The first-order chi connectivity index (χ1) is 6.59. The van der Waals surface area contributed by atoms with Gasteiger partial charge in [-0.3, -0.25) is 4.79 Å². The maximum atomic E-state index is 11.5. The van der Waals surface area contributed by atoms with Gasteiger partial charge >= 0.3 is 0 Å². The fraction of sp³-hybridized carbons (Fsp3) is 0.364. The highest BCUT2D eigenvalue weighted by atomic mass is 79.9. The molecule has 76 valence electrons. The molecular weight excluding hydrogens is 244 g/mol. The first-order valence-electron chi connectivity index (χ1n) is 4.50. The molecule has 0 amide bonds. The third-order valence-electron chi connectivity index (χ3n) is 1.71. The predicted octanol–water partition coefficient (Wildman–Crippen LogP) is 3.06. The molecule has 3 heteroatoms. The minimum atomic E-state index is 0.0196. The lowest BCUT2D eigenvalue weighted by atomic mass is 10.1. The number of halogens is 1. The molecule has 1 aromatic carbocycles. The molecule has 0 saturated heterocycles. The molecule has 1 rings (SSSR count). The second-order valence-electron chi connectivity index (χ2n) is 3.29. The molecule has 0 unspecified atom stereocenters. The Morgan fingerprint density at radius 2 is 1.93 bits per heavy atom. The van der Waals surface area contributed by atoms with Gasteiger partial charge in [0.15, 0.2) is 5.78 Å². The molecule has 0 aliphatic carbocycles. The van der Waals surface area contributed by atoms with E-state index in [1.807, 2.05) is 26.0 Å². The van der Waals surface area contributed by atoms with E-state index in [1.165, 1.54) is 0 Å². The summed E-state index contributed by atoms with van der Waals surface area (Å²) in [5.41, 5.74) is 0.689. The highest BCUT2D eigenvalue weighted by Crippen LogP contribution is 2.11. The van der Waals surface area contributed by atoms with Crippen molar-refractivity contribution < 1.29 is 9.53 Å². The number of carbonyl (C=O) groups excluding carboxylic acids is 1. The van der Waals surface area contributed by atoms with Crippen LogP contribution in [0.4, 0.5) is 0 Å². The Morgan fingerprint density at radius 3 is 2.43 bits per heavy atom. The van der Waals surface area contributed by atoms with E-state index in [9.17, 15) is 4.79 Å². The van der Waals surface area contributed by atoms with Crippen LogP contribution in [0.5, 0.6) is 0 Å². The Balaban J connectivity index is 2.57. The lowest BCUT2D eigenvalue weighted by molar-refractivity contribution is 0.0585. The van der Waals surface area contributed by atoms with Crippen molar-refractivity contribution in [3.05, 3.63) is 34.3 Å². The van der Waals surface area contributed by atoms with Gasteiger partial charge in [0.05, 0.1) is 6.10 Å². The lowest BCUT2D eigenvalue weighted by Gasteiger charge is -2.06. The van der Waals surface area contributed by atoms with Crippen LogP contribution < -0.4 is 0 Å². The van der Waals surface area contributed by atoms with Gasteiger partial charge in [0.2, 0.25) is 0 Å². The van der Waals surface area contributed by atoms with Crippen molar-refractivity contribution in [3.63, 3.8) is 0 Å². The first-order valence-corrected chi connectivity index (χ1v) is 5.29. The van der Waals surface area contributed by atoms with Crippen LogP contribution in [0.3, 0.4) is 0 Å². The first kappa shape index (κ1) is 11.4. The van der Waals surface area contributed by atoms with Crippen molar-refractivity contribution in [2.45, 2.75) is 20.0 Å². The lowest BCUT2D eigenvalue weighted by Crippen LogP contribution is -2.13. The molecule has 0 aromatic heterocycles. The van der Waals surface area contributed by atoms with E-state index in [1.54, 1.807) is 12.1 Å². The van der Waals surface area contributed by atoms with Crippen LogP contribution in [-0.2, 0) is 4.74 Å². The molecule has 0 radical (unpaired) electrons. The van der Waals surface area contributed by atoms with Crippen LogP contribution >= 0.6 is 15.9 Å². The van der Waals surface area contributed by atoms with E-state index in [4.69, 9.17) is 4.74 Å². The summed E-state index contributed by atoms with van der Waals surface area (Å²) in [4.78, 5) is 11.5. The van der Waals surface area contributed by atoms with Crippen LogP contribution in [0.2, 0.25) is 0 Å². The fourth-order valence-electron chi connectivity index (χ4n) is 0.961. The highest BCUT2D eigenvalue weighted by Gasteiger charge is 2.06. The molecule has 14 heavy (non-hydrogen) atoms. The SMILES string of the molecule is CC(C)OCC(=O)c1ccc(Br)cc1. The summed E-state index contributed by atoms with van der Waals surface area (Å²) >= 11 is 3.31. The maximum absolute atomic E-state index is 11.5. The third-order valence-corrected chi connectivity index (χ3v) is 2.24. The summed E-state index contributed by atoms with van der Waals surface area (Å²) in [5.74, 6) is 0.0196. The number of benzene rings is 1. The number of hydrogen-bond acceptors (Lipinski definition) is 2. The normalized spacial score (nSPS) is 10.6. The molecule has 0 N–H and O–H groups in total. The van der Waals surface area contributed by atoms with Gasteiger partial charge in [0.1, 0.15) is 6.61 Å². The molecule has 1 aromatic rings. The molecule has 0 bridgehead atoms. The number of rotatable bonds is 4. The summed E-state index contributed by atoms with van der Waals surface area (Å²) in [6, 6.07) is 7.28. The number of Topliss-reactive ketones (excluding diaryl/α,β-unsaturated/α-hetero) is 1. The van der Waals surface area contributed by atoms with Crippen LogP contribution in [0.1, 0.15) is 24.2 Å². The molecule has 0 heterocycles. The maximum Gasteiger partial charge on any atom is 0.188 e. The van der Waals surface area contributed by atoms with Gasteiger partial charge < -0.3 is 4.74 Å².